The Labute approximate surface area is 157 Å². The van der Waals surface area contributed by atoms with Gasteiger partial charge in [-0.3, -0.25) is 9.20 Å². The Morgan fingerprint density at radius 1 is 1.19 bits per heavy atom. The quantitative estimate of drug-likeness (QED) is 0.399. The third-order valence-electron chi connectivity index (χ3n) is 3.87. The zero-order valence-electron chi connectivity index (χ0n) is 14.0. The lowest BCUT2D eigenvalue weighted by molar-refractivity contribution is -0.139. The van der Waals surface area contributed by atoms with E-state index in [1.54, 1.807) is 12.1 Å². The lowest BCUT2D eigenvalue weighted by atomic mass is 10.2. The first-order chi connectivity index (χ1) is 13.1. The van der Waals surface area contributed by atoms with Gasteiger partial charge in [-0.15, -0.1) is 0 Å². The summed E-state index contributed by atoms with van der Waals surface area (Å²) in [5, 5.41) is 0. The smallest absolute Gasteiger partial charge is 0.331 e. The van der Waals surface area contributed by atoms with Crippen molar-refractivity contribution in [3.05, 3.63) is 88.1 Å². The molecule has 0 fully saturated rings. The molecule has 27 heavy (non-hydrogen) atoms. The van der Waals surface area contributed by atoms with Crippen molar-refractivity contribution in [2.45, 2.75) is 6.61 Å². The second-order valence-corrected chi connectivity index (χ2v) is 6.78. The number of rotatable bonds is 4. The highest BCUT2D eigenvalue weighted by Crippen LogP contribution is 2.23. The molecule has 4 rings (SSSR count). The molecule has 7 heteroatoms. The maximum atomic E-state index is 13.1. The van der Waals surface area contributed by atoms with Crippen LogP contribution in [0.15, 0.2) is 65.5 Å². The first-order valence-corrected chi connectivity index (χ1v) is 8.92. The molecule has 0 saturated carbocycles. The maximum absolute atomic E-state index is 13.1. The number of halogens is 1. The van der Waals surface area contributed by atoms with Crippen molar-refractivity contribution in [3.63, 3.8) is 0 Å². The van der Waals surface area contributed by atoms with Crippen LogP contribution in [0.3, 0.4) is 0 Å². The largest absolute Gasteiger partial charge is 0.456 e. The number of carbonyl (C=O) groups excluding carboxylic acids is 1. The summed E-state index contributed by atoms with van der Waals surface area (Å²) in [5.74, 6) is -0.982. The average molecular weight is 380 g/mol. The molecule has 0 spiro atoms. The summed E-state index contributed by atoms with van der Waals surface area (Å²) in [7, 11) is 0. The lowest BCUT2D eigenvalue weighted by Crippen LogP contribution is -2.14. The molecule has 0 unspecified atom stereocenters. The molecule has 5 nitrogen and oxygen atoms in total. The predicted octanol–water partition coefficient (Wildman–Crippen LogP) is 3.80. The molecule has 2 aromatic carbocycles. The molecule has 0 aliphatic heterocycles. The second-order valence-electron chi connectivity index (χ2n) is 5.77. The van der Waals surface area contributed by atoms with Crippen LogP contribution in [0.25, 0.3) is 21.3 Å². The highest BCUT2D eigenvalue weighted by Gasteiger charge is 2.10. The first-order valence-electron chi connectivity index (χ1n) is 8.11. The summed E-state index contributed by atoms with van der Waals surface area (Å²) < 4.78 is 20.7. The fourth-order valence-corrected chi connectivity index (χ4v) is 3.71. The Balaban J connectivity index is 1.51. The molecule has 0 aliphatic rings. The molecule has 2 aromatic heterocycles. The van der Waals surface area contributed by atoms with Crippen LogP contribution in [0.1, 0.15) is 11.3 Å². The van der Waals surface area contributed by atoms with Crippen molar-refractivity contribution in [1.29, 1.82) is 0 Å². The number of fused-ring (bicyclic) bond motifs is 3. The van der Waals surface area contributed by atoms with E-state index in [1.165, 1.54) is 46.1 Å². The number of ether oxygens (including phenoxy) is 1. The number of hydrogen-bond donors (Lipinski definition) is 0. The number of benzene rings is 2. The predicted molar refractivity (Wildman–Crippen MR) is 102 cm³/mol. The molecule has 2 heterocycles. The zero-order chi connectivity index (χ0) is 18.8. The number of aromatic nitrogens is 2. The molecule has 134 valence electrons. The molecular formula is C20H13FN2O3S. The SMILES string of the molecule is O=C(/C=C/c1cccc(F)c1)OCc1cc(=O)n2c(n1)sc1ccccc12. The van der Waals surface area contributed by atoms with Crippen molar-refractivity contribution >= 4 is 38.6 Å². The number of thiazole rings is 1. The van der Waals surface area contributed by atoms with E-state index < -0.39 is 5.97 Å². The van der Waals surface area contributed by atoms with Crippen LogP contribution in [0.2, 0.25) is 0 Å². The number of nitrogens with zero attached hydrogens (tertiary/aromatic N) is 2. The van der Waals surface area contributed by atoms with Gasteiger partial charge in [0.25, 0.3) is 5.56 Å². The summed E-state index contributed by atoms with van der Waals surface area (Å²) in [6, 6.07) is 14.8. The van der Waals surface area contributed by atoms with Crippen LogP contribution in [0.4, 0.5) is 4.39 Å². The van der Waals surface area contributed by atoms with Gasteiger partial charge in [-0.25, -0.2) is 14.2 Å². The van der Waals surface area contributed by atoms with Gasteiger partial charge >= 0.3 is 5.97 Å². The van der Waals surface area contributed by atoms with Crippen molar-refractivity contribution in [2.75, 3.05) is 0 Å². The standard InChI is InChI=1S/C20H13FN2O3S/c21-14-5-3-4-13(10-14)8-9-19(25)26-12-15-11-18(24)23-16-6-1-2-7-17(16)27-20(23)22-15/h1-11H,12H2/b9-8+. The minimum Gasteiger partial charge on any atom is -0.456 e. The topological polar surface area (TPSA) is 60.7 Å². The van der Waals surface area contributed by atoms with Crippen molar-refractivity contribution in [1.82, 2.24) is 9.38 Å². The lowest BCUT2D eigenvalue weighted by Gasteiger charge is -2.02. The summed E-state index contributed by atoms with van der Waals surface area (Å²) in [6.45, 7) is -0.119. The van der Waals surface area contributed by atoms with Gasteiger partial charge in [0.2, 0.25) is 0 Å². The van der Waals surface area contributed by atoms with Gasteiger partial charge in [0.05, 0.1) is 15.9 Å². The molecule has 4 aromatic rings. The molecule has 0 atom stereocenters. The average Bonchev–Trinajstić information content (AvgIpc) is 3.03. The van der Waals surface area contributed by atoms with Crippen LogP contribution in [-0.4, -0.2) is 15.4 Å². The number of para-hydroxylation sites is 1. The van der Waals surface area contributed by atoms with E-state index >= 15 is 0 Å². The van der Waals surface area contributed by atoms with Crippen molar-refractivity contribution < 1.29 is 13.9 Å². The van der Waals surface area contributed by atoms with E-state index in [9.17, 15) is 14.0 Å². The third kappa shape index (κ3) is 3.63. The number of esters is 1. The Kier molecular flexibility index (Phi) is 4.52. The number of hydrogen-bond acceptors (Lipinski definition) is 5. The first kappa shape index (κ1) is 17.1. The Bertz CT molecular complexity index is 1240. The summed E-state index contributed by atoms with van der Waals surface area (Å²) in [6.07, 6.45) is 2.67. The molecule has 0 saturated heterocycles. The van der Waals surface area contributed by atoms with Crippen LogP contribution >= 0.6 is 11.3 Å². The van der Waals surface area contributed by atoms with E-state index in [0.717, 1.165) is 10.2 Å². The van der Waals surface area contributed by atoms with Gasteiger partial charge in [-0.1, -0.05) is 35.6 Å². The van der Waals surface area contributed by atoms with Gasteiger partial charge in [0, 0.05) is 12.1 Å². The van der Waals surface area contributed by atoms with Crippen LogP contribution in [0, 0.1) is 5.82 Å². The van der Waals surface area contributed by atoms with E-state index in [4.69, 9.17) is 4.74 Å². The fraction of sp³-hybridized carbons (Fsp3) is 0.0500. The van der Waals surface area contributed by atoms with Gasteiger partial charge < -0.3 is 4.74 Å². The van der Waals surface area contributed by atoms with E-state index in [2.05, 4.69) is 4.98 Å². The van der Waals surface area contributed by atoms with Gasteiger partial charge in [-0.05, 0) is 35.9 Å². The molecule has 0 radical (unpaired) electrons. The summed E-state index contributed by atoms with van der Waals surface area (Å²) >= 11 is 1.40. The Morgan fingerprint density at radius 2 is 2.04 bits per heavy atom. The van der Waals surface area contributed by atoms with E-state index in [-0.39, 0.29) is 18.0 Å². The van der Waals surface area contributed by atoms with Gasteiger partial charge in [0.15, 0.2) is 4.96 Å². The normalized spacial score (nSPS) is 11.4. The molecule has 0 N–H and O–H groups in total. The maximum Gasteiger partial charge on any atom is 0.331 e. The van der Waals surface area contributed by atoms with Gasteiger partial charge in [-0.2, -0.15) is 0 Å². The third-order valence-corrected chi connectivity index (χ3v) is 4.89. The summed E-state index contributed by atoms with van der Waals surface area (Å²) in [5.41, 5.74) is 1.50. The monoisotopic (exact) mass is 380 g/mol. The molecule has 0 aliphatic carbocycles. The molecule has 0 bridgehead atoms. The summed E-state index contributed by atoms with van der Waals surface area (Å²) in [4.78, 5) is 29.2. The highest BCUT2D eigenvalue weighted by atomic mass is 32.1. The van der Waals surface area contributed by atoms with Crippen molar-refractivity contribution in [2.24, 2.45) is 0 Å². The minimum absolute atomic E-state index is 0.119. The Morgan fingerprint density at radius 3 is 2.89 bits per heavy atom. The zero-order valence-corrected chi connectivity index (χ0v) is 14.8. The fourth-order valence-electron chi connectivity index (χ4n) is 2.66. The number of carbonyl (C=O) groups is 1. The van der Waals surface area contributed by atoms with Crippen molar-refractivity contribution in [3.8, 4) is 0 Å². The van der Waals surface area contributed by atoms with Crippen LogP contribution in [0.5, 0.6) is 0 Å². The van der Waals surface area contributed by atoms with Gasteiger partial charge in [0.1, 0.15) is 12.4 Å². The molecular weight excluding hydrogens is 367 g/mol. The van der Waals surface area contributed by atoms with Crippen LogP contribution in [-0.2, 0) is 16.1 Å². The van der Waals surface area contributed by atoms with Crippen LogP contribution < -0.4 is 5.56 Å². The van der Waals surface area contributed by atoms with E-state index in [1.807, 2.05) is 24.3 Å². The second kappa shape index (κ2) is 7.13. The highest BCUT2D eigenvalue weighted by molar-refractivity contribution is 7.23. The Hall–Kier alpha value is -3.32. The van der Waals surface area contributed by atoms with E-state index in [0.29, 0.717) is 16.2 Å². The minimum atomic E-state index is -0.599. The molecule has 0 amide bonds.